The highest BCUT2D eigenvalue weighted by Crippen LogP contribution is 2.31. The van der Waals surface area contributed by atoms with Crippen molar-refractivity contribution in [3.63, 3.8) is 0 Å². The lowest BCUT2D eigenvalue weighted by Gasteiger charge is -2.13. The predicted molar refractivity (Wildman–Crippen MR) is 69.8 cm³/mol. The van der Waals surface area contributed by atoms with E-state index in [1.54, 1.807) is 6.20 Å². The molecule has 0 fully saturated rings. The second-order valence-electron chi connectivity index (χ2n) is 4.09. The Morgan fingerprint density at radius 1 is 1.31 bits per heavy atom. The number of rotatable bonds is 2. The van der Waals surface area contributed by atoms with Crippen molar-refractivity contribution in [1.82, 2.24) is 4.98 Å². The van der Waals surface area contributed by atoms with E-state index in [4.69, 9.17) is 5.73 Å². The molecule has 1 aromatic carbocycles. The molecule has 1 heterocycles. The molecular formula is C13H17N3. The van der Waals surface area contributed by atoms with Crippen LogP contribution in [0, 0.1) is 13.8 Å². The van der Waals surface area contributed by atoms with Gasteiger partial charge in [-0.25, -0.2) is 0 Å². The minimum atomic E-state index is 0.710. The fourth-order valence-corrected chi connectivity index (χ4v) is 2.09. The van der Waals surface area contributed by atoms with Crippen molar-refractivity contribution in [2.75, 3.05) is 17.6 Å². The number of nitrogen functional groups attached to an aromatic ring is 1. The van der Waals surface area contributed by atoms with Crippen LogP contribution < -0.4 is 11.1 Å². The first-order valence-electron chi connectivity index (χ1n) is 5.52. The highest BCUT2D eigenvalue weighted by atomic mass is 14.9. The average molecular weight is 215 g/mol. The van der Waals surface area contributed by atoms with Gasteiger partial charge in [-0.15, -0.1) is 0 Å². The van der Waals surface area contributed by atoms with Crippen molar-refractivity contribution >= 4 is 22.3 Å². The van der Waals surface area contributed by atoms with E-state index in [1.807, 2.05) is 0 Å². The van der Waals surface area contributed by atoms with Gasteiger partial charge >= 0.3 is 0 Å². The van der Waals surface area contributed by atoms with E-state index in [-0.39, 0.29) is 0 Å². The van der Waals surface area contributed by atoms with Gasteiger partial charge in [-0.05, 0) is 38.0 Å². The Balaban J connectivity index is 2.80. The molecule has 0 amide bonds. The van der Waals surface area contributed by atoms with Crippen LogP contribution in [0.1, 0.15) is 18.1 Å². The highest BCUT2D eigenvalue weighted by molar-refractivity contribution is 5.99. The maximum absolute atomic E-state index is 5.95. The van der Waals surface area contributed by atoms with Crippen LogP contribution in [0.3, 0.4) is 0 Å². The van der Waals surface area contributed by atoms with Gasteiger partial charge in [0.2, 0.25) is 0 Å². The Kier molecular flexibility index (Phi) is 2.69. The smallest absolute Gasteiger partial charge is 0.0743 e. The normalized spacial score (nSPS) is 10.7. The van der Waals surface area contributed by atoms with Crippen LogP contribution in [-0.2, 0) is 0 Å². The number of anilines is 2. The van der Waals surface area contributed by atoms with Gasteiger partial charge in [0.25, 0.3) is 0 Å². The lowest BCUT2D eigenvalue weighted by molar-refractivity contribution is 1.21. The third kappa shape index (κ3) is 1.69. The molecule has 0 aliphatic rings. The average Bonchev–Trinajstić information content (AvgIpc) is 2.22. The number of aryl methyl sites for hydroxylation is 2. The fraction of sp³-hybridized carbons (Fsp3) is 0.308. The molecule has 0 spiro atoms. The summed E-state index contributed by atoms with van der Waals surface area (Å²) in [5, 5.41) is 4.45. The molecule has 0 bridgehead atoms. The number of hydrogen-bond acceptors (Lipinski definition) is 3. The van der Waals surface area contributed by atoms with Crippen LogP contribution >= 0.6 is 0 Å². The zero-order valence-electron chi connectivity index (χ0n) is 9.96. The van der Waals surface area contributed by atoms with Crippen LogP contribution in [0.15, 0.2) is 18.3 Å². The van der Waals surface area contributed by atoms with E-state index in [2.05, 4.69) is 43.2 Å². The molecule has 3 heteroatoms. The maximum Gasteiger partial charge on any atom is 0.0743 e. The molecule has 2 aromatic rings. The van der Waals surface area contributed by atoms with Crippen molar-refractivity contribution in [1.29, 1.82) is 0 Å². The number of pyridine rings is 1. The Bertz CT molecular complexity index is 532. The lowest BCUT2D eigenvalue weighted by Crippen LogP contribution is -2.03. The molecule has 3 N–H and O–H groups in total. The van der Waals surface area contributed by atoms with Gasteiger partial charge in [0, 0.05) is 11.9 Å². The molecule has 1 aromatic heterocycles. The Labute approximate surface area is 95.7 Å². The third-order valence-electron chi connectivity index (χ3n) is 2.69. The van der Waals surface area contributed by atoms with Crippen LogP contribution in [0.4, 0.5) is 11.4 Å². The topological polar surface area (TPSA) is 50.9 Å². The molecule has 0 saturated heterocycles. The number of nitrogens with zero attached hydrogens (tertiary/aromatic N) is 1. The molecule has 0 atom stereocenters. The zero-order valence-corrected chi connectivity index (χ0v) is 9.96. The summed E-state index contributed by atoms with van der Waals surface area (Å²) in [5.74, 6) is 0. The van der Waals surface area contributed by atoms with Gasteiger partial charge in [0.1, 0.15) is 0 Å². The molecule has 3 nitrogen and oxygen atoms in total. The number of nitrogens with one attached hydrogen (secondary N) is 1. The Hall–Kier alpha value is -1.77. The van der Waals surface area contributed by atoms with Gasteiger partial charge in [-0.1, -0.05) is 6.07 Å². The third-order valence-corrected chi connectivity index (χ3v) is 2.69. The van der Waals surface area contributed by atoms with Crippen LogP contribution in [-0.4, -0.2) is 11.5 Å². The number of hydrogen-bond donors (Lipinski definition) is 2. The summed E-state index contributed by atoms with van der Waals surface area (Å²) in [5.41, 5.74) is 11.1. The van der Waals surface area contributed by atoms with E-state index >= 15 is 0 Å². The number of nitrogens with two attached hydrogens (primary N) is 1. The molecule has 0 aliphatic carbocycles. The summed E-state index contributed by atoms with van der Waals surface area (Å²) < 4.78 is 0. The zero-order chi connectivity index (χ0) is 11.7. The van der Waals surface area contributed by atoms with E-state index in [9.17, 15) is 0 Å². The first kappa shape index (κ1) is 10.7. The molecule has 0 saturated carbocycles. The van der Waals surface area contributed by atoms with Crippen LogP contribution in [0.5, 0.6) is 0 Å². The largest absolute Gasteiger partial charge is 0.396 e. The van der Waals surface area contributed by atoms with E-state index in [0.29, 0.717) is 5.69 Å². The summed E-state index contributed by atoms with van der Waals surface area (Å²) >= 11 is 0. The quantitative estimate of drug-likeness (QED) is 0.810. The number of fused-ring (bicyclic) bond motifs is 1. The first-order valence-corrected chi connectivity index (χ1v) is 5.52. The molecular weight excluding hydrogens is 198 g/mol. The monoisotopic (exact) mass is 215 g/mol. The van der Waals surface area contributed by atoms with Gasteiger partial charge in [0.15, 0.2) is 0 Å². The van der Waals surface area contributed by atoms with Gasteiger partial charge in [-0.3, -0.25) is 4.98 Å². The Morgan fingerprint density at radius 3 is 2.75 bits per heavy atom. The summed E-state index contributed by atoms with van der Waals surface area (Å²) in [6.45, 7) is 7.10. The van der Waals surface area contributed by atoms with Crippen LogP contribution in [0.25, 0.3) is 10.9 Å². The molecule has 84 valence electrons. The van der Waals surface area contributed by atoms with Gasteiger partial charge < -0.3 is 11.1 Å². The molecule has 0 unspecified atom stereocenters. The van der Waals surface area contributed by atoms with E-state index < -0.39 is 0 Å². The molecule has 2 rings (SSSR count). The van der Waals surface area contributed by atoms with E-state index in [0.717, 1.165) is 23.1 Å². The second kappa shape index (κ2) is 4.00. The SMILES string of the molecule is CCNc1c(N)cnc2cc(C)cc(C)c12. The van der Waals surface area contributed by atoms with Crippen molar-refractivity contribution in [3.8, 4) is 0 Å². The van der Waals surface area contributed by atoms with Crippen LogP contribution in [0.2, 0.25) is 0 Å². The summed E-state index contributed by atoms with van der Waals surface area (Å²) in [7, 11) is 0. The number of aromatic nitrogens is 1. The lowest BCUT2D eigenvalue weighted by atomic mass is 10.0. The number of benzene rings is 1. The first-order chi connectivity index (χ1) is 7.63. The fourth-order valence-electron chi connectivity index (χ4n) is 2.09. The summed E-state index contributed by atoms with van der Waals surface area (Å²) in [6.07, 6.45) is 1.72. The van der Waals surface area contributed by atoms with Crippen molar-refractivity contribution in [3.05, 3.63) is 29.5 Å². The highest BCUT2D eigenvalue weighted by Gasteiger charge is 2.08. The molecule has 16 heavy (non-hydrogen) atoms. The molecule has 0 aliphatic heterocycles. The minimum Gasteiger partial charge on any atom is -0.396 e. The van der Waals surface area contributed by atoms with Crippen molar-refractivity contribution in [2.45, 2.75) is 20.8 Å². The second-order valence-corrected chi connectivity index (χ2v) is 4.09. The van der Waals surface area contributed by atoms with Crippen molar-refractivity contribution < 1.29 is 0 Å². The predicted octanol–water partition coefficient (Wildman–Crippen LogP) is 2.87. The standard InChI is InChI=1S/C13H17N3/c1-4-15-13-10(14)7-16-11-6-8(2)5-9(3)12(11)13/h5-7H,4,14H2,1-3H3,(H,15,16). The van der Waals surface area contributed by atoms with Crippen molar-refractivity contribution in [2.24, 2.45) is 0 Å². The summed E-state index contributed by atoms with van der Waals surface area (Å²) in [6, 6.07) is 4.24. The molecule has 0 radical (unpaired) electrons. The minimum absolute atomic E-state index is 0.710. The van der Waals surface area contributed by atoms with Gasteiger partial charge in [-0.2, -0.15) is 0 Å². The summed E-state index contributed by atoms with van der Waals surface area (Å²) in [4.78, 5) is 4.38. The Morgan fingerprint density at radius 2 is 2.06 bits per heavy atom. The van der Waals surface area contributed by atoms with Gasteiger partial charge in [0.05, 0.1) is 23.1 Å². The van der Waals surface area contributed by atoms with E-state index in [1.165, 1.54) is 11.1 Å². The maximum atomic E-state index is 5.95.